The molecule has 3 heteroatoms. The second-order valence-corrected chi connectivity index (χ2v) is 3.53. The smallest absolute Gasteiger partial charge is 0.223 e. The molecule has 3 nitrogen and oxygen atoms in total. The fraction of sp³-hybridized carbons (Fsp3) is 0.800. The first-order valence-electron chi connectivity index (χ1n) is 4.99. The van der Waals surface area contributed by atoms with Crippen LogP contribution in [0.2, 0.25) is 0 Å². The molecular weight excluding hydrogens is 164 g/mol. The van der Waals surface area contributed by atoms with Crippen LogP contribution in [0.3, 0.4) is 0 Å². The summed E-state index contributed by atoms with van der Waals surface area (Å²) in [5.74, 6) is 0.499. The maximum absolute atomic E-state index is 11.3. The van der Waals surface area contributed by atoms with Crippen molar-refractivity contribution in [3.05, 3.63) is 0 Å². The molecule has 1 aliphatic rings. The molecule has 0 saturated heterocycles. The van der Waals surface area contributed by atoms with Crippen LogP contribution in [0.5, 0.6) is 0 Å². The first-order valence-corrected chi connectivity index (χ1v) is 4.99. The molecule has 0 aromatic rings. The zero-order valence-corrected chi connectivity index (χ0v) is 7.88. The van der Waals surface area contributed by atoms with Crippen molar-refractivity contribution in [1.29, 1.82) is 5.26 Å². The molecule has 1 amide bonds. The van der Waals surface area contributed by atoms with Gasteiger partial charge in [-0.25, -0.2) is 0 Å². The highest BCUT2D eigenvalue weighted by Crippen LogP contribution is 2.25. The number of carbonyl (C=O) groups is 1. The average Bonchev–Trinajstić information content (AvgIpc) is 2.01. The molecule has 0 unspecified atom stereocenters. The Morgan fingerprint density at radius 1 is 1.46 bits per heavy atom. The van der Waals surface area contributed by atoms with Gasteiger partial charge in [0.05, 0.1) is 6.07 Å². The van der Waals surface area contributed by atoms with E-state index in [2.05, 4.69) is 11.4 Å². The minimum Gasteiger partial charge on any atom is -0.356 e. The normalized spacial score (nSPS) is 15.9. The maximum Gasteiger partial charge on any atom is 0.223 e. The van der Waals surface area contributed by atoms with Crippen molar-refractivity contribution in [3.8, 4) is 6.07 Å². The summed E-state index contributed by atoms with van der Waals surface area (Å²) in [4.78, 5) is 11.3. The first-order chi connectivity index (χ1) is 6.34. The van der Waals surface area contributed by atoms with Gasteiger partial charge in [0.1, 0.15) is 0 Å². The van der Waals surface area contributed by atoms with E-state index in [9.17, 15) is 4.79 Å². The van der Waals surface area contributed by atoms with Crippen LogP contribution < -0.4 is 5.32 Å². The standard InChI is InChI=1S/C10H16N2O/c11-7-2-1-3-8-12-10(13)9-5-4-6-9/h9H,1-6,8H2,(H,12,13). The van der Waals surface area contributed by atoms with Gasteiger partial charge in [-0.2, -0.15) is 5.26 Å². The lowest BCUT2D eigenvalue weighted by atomic mass is 9.85. The maximum atomic E-state index is 11.3. The third-order valence-electron chi connectivity index (χ3n) is 2.49. The molecule has 0 spiro atoms. The van der Waals surface area contributed by atoms with E-state index < -0.39 is 0 Å². The molecule has 72 valence electrons. The largest absolute Gasteiger partial charge is 0.356 e. The zero-order chi connectivity index (χ0) is 9.52. The number of unbranched alkanes of at least 4 members (excludes halogenated alkanes) is 2. The number of rotatable bonds is 5. The molecule has 1 saturated carbocycles. The third kappa shape index (κ3) is 3.45. The first kappa shape index (κ1) is 10.0. The SMILES string of the molecule is N#CCCCCNC(=O)C1CCC1. The van der Waals surface area contributed by atoms with E-state index in [4.69, 9.17) is 5.26 Å². The lowest BCUT2D eigenvalue weighted by Crippen LogP contribution is -2.34. The number of carbonyl (C=O) groups excluding carboxylic acids is 1. The molecule has 0 aromatic heterocycles. The predicted molar refractivity (Wildman–Crippen MR) is 49.8 cm³/mol. The third-order valence-corrected chi connectivity index (χ3v) is 2.49. The quantitative estimate of drug-likeness (QED) is 0.653. The Kier molecular flexibility index (Phi) is 4.31. The Hall–Kier alpha value is -1.04. The number of nitrogens with one attached hydrogen (secondary N) is 1. The zero-order valence-electron chi connectivity index (χ0n) is 7.88. The summed E-state index contributed by atoms with van der Waals surface area (Å²) in [6.45, 7) is 0.733. The Morgan fingerprint density at radius 3 is 2.77 bits per heavy atom. The van der Waals surface area contributed by atoms with Crippen LogP contribution in [-0.4, -0.2) is 12.5 Å². The highest BCUT2D eigenvalue weighted by Gasteiger charge is 2.24. The van der Waals surface area contributed by atoms with Crippen molar-refractivity contribution >= 4 is 5.91 Å². The van der Waals surface area contributed by atoms with Crippen LogP contribution in [-0.2, 0) is 4.79 Å². The number of hydrogen-bond donors (Lipinski definition) is 1. The molecule has 0 aromatic carbocycles. The van der Waals surface area contributed by atoms with Crippen molar-refractivity contribution in [2.75, 3.05) is 6.54 Å². The molecule has 0 bridgehead atoms. The van der Waals surface area contributed by atoms with Crippen LogP contribution in [0, 0.1) is 17.2 Å². The van der Waals surface area contributed by atoms with Gasteiger partial charge in [0.15, 0.2) is 0 Å². The number of amides is 1. The summed E-state index contributed by atoms with van der Waals surface area (Å²) in [6.07, 6.45) is 5.73. The van der Waals surface area contributed by atoms with E-state index in [0.29, 0.717) is 6.42 Å². The van der Waals surface area contributed by atoms with Gasteiger partial charge in [0, 0.05) is 18.9 Å². The van der Waals surface area contributed by atoms with Crippen molar-refractivity contribution in [1.82, 2.24) is 5.32 Å². The van der Waals surface area contributed by atoms with E-state index in [1.165, 1.54) is 6.42 Å². The van der Waals surface area contributed by atoms with Crippen LogP contribution in [0.25, 0.3) is 0 Å². The Bertz CT molecular complexity index is 203. The fourth-order valence-corrected chi connectivity index (χ4v) is 1.36. The Labute approximate surface area is 79.1 Å². The lowest BCUT2D eigenvalue weighted by molar-refractivity contribution is -0.127. The van der Waals surface area contributed by atoms with Gasteiger partial charge in [-0.15, -0.1) is 0 Å². The van der Waals surface area contributed by atoms with Crippen LogP contribution in [0.15, 0.2) is 0 Å². The van der Waals surface area contributed by atoms with Crippen LogP contribution in [0.4, 0.5) is 0 Å². The number of hydrogen-bond acceptors (Lipinski definition) is 2. The van der Waals surface area contributed by atoms with Crippen molar-refractivity contribution in [3.63, 3.8) is 0 Å². The van der Waals surface area contributed by atoms with Gasteiger partial charge in [-0.3, -0.25) is 4.79 Å². The summed E-state index contributed by atoms with van der Waals surface area (Å²) in [5.41, 5.74) is 0. The van der Waals surface area contributed by atoms with Gasteiger partial charge in [-0.05, 0) is 25.7 Å². The predicted octanol–water partition coefficient (Wildman–Crippen LogP) is 1.60. The highest BCUT2D eigenvalue weighted by atomic mass is 16.1. The summed E-state index contributed by atoms with van der Waals surface area (Å²) in [5, 5.41) is 11.2. The van der Waals surface area contributed by atoms with Crippen LogP contribution in [0.1, 0.15) is 38.5 Å². The van der Waals surface area contributed by atoms with Crippen molar-refractivity contribution in [2.45, 2.75) is 38.5 Å². The fourth-order valence-electron chi connectivity index (χ4n) is 1.36. The summed E-state index contributed by atoms with van der Waals surface area (Å²) in [7, 11) is 0. The molecule has 0 atom stereocenters. The molecule has 0 heterocycles. The summed E-state index contributed by atoms with van der Waals surface area (Å²) in [6, 6.07) is 2.09. The average molecular weight is 180 g/mol. The Balaban J connectivity index is 1.93. The second-order valence-electron chi connectivity index (χ2n) is 3.53. The van der Waals surface area contributed by atoms with Gasteiger partial charge < -0.3 is 5.32 Å². The molecule has 0 radical (unpaired) electrons. The molecular formula is C10H16N2O. The van der Waals surface area contributed by atoms with E-state index >= 15 is 0 Å². The monoisotopic (exact) mass is 180 g/mol. The van der Waals surface area contributed by atoms with E-state index in [1.54, 1.807) is 0 Å². The van der Waals surface area contributed by atoms with E-state index in [0.717, 1.165) is 32.2 Å². The van der Waals surface area contributed by atoms with E-state index in [1.807, 2.05) is 0 Å². The minimum atomic E-state index is 0.211. The topological polar surface area (TPSA) is 52.9 Å². The molecule has 1 rings (SSSR count). The van der Waals surface area contributed by atoms with Crippen molar-refractivity contribution < 1.29 is 4.79 Å². The highest BCUT2D eigenvalue weighted by molar-refractivity contribution is 5.79. The molecule has 0 aliphatic heterocycles. The van der Waals surface area contributed by atoms with Crippen LogP contribution >= 0.6 is 0 Å². The lowest BCUT2D eigenvalue weighted by Gasteiger charge is -2.23. The molecule has 13 heavy (non-hydrogen) atoms. The van der Waals surface area contributed by atoms with E-state index in [-0.39, 0.29) is 11.8 Å². The molecule has 1 fully saturated rings. The summed E-state index contributed by atoms with van der Waals surface area (Å²) < 4.78 is 0. The molecule has 1 N–H and O–H groups in total. The Morgan fingerprint density at radius 2 is 2.23 bits per heavy atom. The minimum absolute atomic E-state index is 0.211. The van der Waals surface area contributed by atoms with Gasteiger partial charge in [0.25, 0.3) is 0 Å². The number of nitriles is 1. The van der Waals surface area contributed by atoms with Gasteiger partial charge in [0.2, 0.25) is 5.91 Å². The van der Waals surface area contributed by atoms with Gasteiger partial charge >= 0.3 is 0 Å². The van der Waals surface area contributed by atoms with Crippen molar-refractivity contribution in [2.24, 2.45) is 5.92 Å². The second kappa shape index (κ2) is 5.58. The molecule has 1 aliphatic carbocycles. The summed E-state index contributed by atoms with van der Waals surface area (Å²) >= 11 is 0. The number of nitrogens with zero attached hydrogens (tertiary/aromatic N) is 1. The van der Waals surface area contributed by atoms with Gasteiger partial charge in [-0.1, -0.05) is 6.42 Å².